The summed E-state index contributed by atoms with van der Waals surface area (Å²) in [6.07, 6.45) is 1.70. The van der Waals surface area contributed by atoms with Gasteiger partial charge in [-0.3, -0.25) is 0 Å². The molecule has 0 radical (unpaired) electrons. The van der Waals surface area contributed by atoms with Crippen molar-refractivity contribution in [1.29, 1.82) is 0 Å². The highest BCUT2D eigenvalue weighted by atomic mass is 35.5. The molecule has 0 unspecified atom stereocenters. The van der Waals surface area contributed by atoms with Crippen molar-refractivity contribution in [3.05, 3.63) is 235 Å². The zero-order valence-corrected chi connectivity index (χ0v) is 63.0. The van der Waals surface area contributed by atoms with Crippen LogP contribution in [0.1, 0.15) is 92.3 Å². The van der Waals surface area contributed by atoms with Crippen molar-refractivity contribution in [1.82, 2.24) is 79.7 Å². The predicted octanol–water partition coefficient (Wildman–Crippen LogP) is 19.8. The van der Waals surface area contributed by atoms with Gasteiger partial charge in [0.2, 0.25) is 17.8 Å². The fourth-order valence-electron chi connectivity index (χ4n) is 9.12. The lowest BCUT2D eigenvalue weighted by atomic mass is 10.1. The first kappa shape index (κ1) is 78.7. The van der Waals surface area contributed by atoms with Crippen molar-refractivity contribution < 1.29 is 42.5 Å². The number of carbonyl (C=O) groups is 3. The van der Waals surface area contributed by atoms with Gasteiger partial charge in [0.1, 0.15) is 115 Å². The van der Waals surface area contributed by atoms with Crippen LogP contribution in [0.4, 0.5) is 13.2 Å². The van der Waals surface area contributed by atoms with Gasteiger partial charge in [-0.05, 0) is 119 Å². The molecule has 22 nitrogen and oxygen atoms in total. The molecule has 0 spiro atoms. The Kier molecular flexibility index (Phi) is 27.3. The standard InChI is InChI=1S/2C11H11ClN2.C10H9ClFN3.C10H9ClN2O2S.C10H9F2N3.C9H7ClN2O2S.C9H8N2O2S/c2*1-7-3-5-9(6-4-7)10-11(12)14-8(2)13-10;1-5-3-4-7(10(12)13-5)8-9(11)15-6(2)14-8;1-5-12-8(9(11)13-5)6-3-7(16-4-6)10(14)15-2;1-5-3-4-7(9(11)13-5)8-10(12)15-6(2)14-8;1-4-11-7(8(10)12-4)5-2-6(9(13)14)15-3-5;1-5-10-3-7(11-5)6-2-8(9(12)13)14-4-6/h2*3-6H,1-2H3,(H,13,14);3-4H,1-2H3,(H,14,15);3-4H,1-2H3,(H,12,13);3-4H,1-2H3,(H,14,15);2-3H,1H3,(H,11,12)(H,13,14);2-4H,1H3,(H,10,11)(H,12,13). The number of imidazole rings is 7. The Hall–Kier alpha value is -10.0. The number of aryl methyl sites for hydroxylation is 11. The molecule has 534 valence electrons. The number of aromatic nitrogens is 16. The van der Waals surface area contributed by atoms with Gasteiger partial charge in [-0.1, -0.05) is 118 Å². The number of hydrogen-bond donors (Lipinski definition) is 9. The minimum atomic E-state index is -0.936. The molecule has 0 atom stereocenters. The van der Waals surface area contributed by atoms with Crippen LogP contribution in [0.2, 0.25) is 25.8 Å². The Labute approximate surface area is 624 Å². The molecular weight excluding hydrogens is 1490 g/mol. The number of carbonyl (C=O) groups excluding carboxylic acids is 1. The molecule has 0 aliphatic rings. The fourth-order valence-corrected chi connectivity index (χ4v) is 12.8. The van der Waals surface area contributed by atoms with E-state index in [0.29, 0.717) is 87.0 Å². The minimum Gasteiger partial charge on any atom is -0.477 e. The molecule has 0 fully saturated rings. The molecule has 14 rings (SSSR count). The van der Waals surface area contributed by atoms with Crippen LogP contribution < -0.4 is 0 Å². The third-order valence-electron chi connectivity index (χ3n) is 14.0. The second-order valence-electron chi connectivity index (χ2n) is 22.3. The van der Waals surface area contributed by atoms with Crippen molar-refractivity contribution in [3.63, 3.8) is 0 Å². The van der Waals surface area contributed by atoms with Gasteiger partial charge in [0, 0.05) is 55.3 Å². The maximum atomic E-state index is 13.5. The molecule has 2 aromatic carbocycles. The van der Waals surface area contributed by atoms with E-state index in [2.05, 4.69) is 123 Å². The monoisotopic (exact) mass is 1550 g/mol. The van der Waals surface area contributed by atoms with E-state index < -0.39 is 29.8 Å². The van der Waals surface area contributed by atoms with Crippen molar-refractivity contribution in [2.45, 2.75) is 76.2 Å². The average molecular weight is 1560 g/mol. The second-order valence-corrected chi connectivity index (χ2v) is 26.9. The van der Waals surface area contributed by atoms with Crippen LogP contribution in [0.25, 0.3) is 78.8 Å². The number of aromatic amines is 7. The van der Waals surface area contributed by atoms with E-state index >= 15 is 0 Å². The lowest BCUT2D eigenvalue weighted by molar-refractivity contribution is 0.0604. The highest BCUT2D eigenvalue weighted by Gasteiger charge is 2.19. The van der Waals surface area contributed by atoms with Crippen molar-refractivity contribution >= 4 is 110 Å². The first-order chi connectivity index (χ1) is 48.8. The van der Waals surface area contributed by atoms with Gasteiger partial charge in [0.15, 0.2) is 0 Å². The van der Waals surface area contributed by atoms with Crippen LogP contribution in [-0.4, -0.2) is 115 Å². The highest BCUT2D eigenvalue weighted by Crippen LogP contribution is 2.33. The van der Waals surface area contributed by atoms with E-state index in [0.717, 1.165) is 79.5 Å². The van der Waals surface area contributed by atoms with Crippen LogP contribution >= 0.6 is 92.0 Å². The number of rotatable bonds is 10. The quantitative estimate of drug-likeness (QED) is 0.0454. The number of benzene rings is 2. The number of H-pyrrole nitrogens is 7. The van der Waals surface area contributed by atoms with Crippen LogP contribution in [0.3, 0.4) is 0 Å². The molecule has 12 aromatic heterocycles. The number of aromatic carboxylic acids is 2. The molecule has 0 aliphatic heterocycles. The number of carboxylic acid groups (broad SMARTS) is 2. The maximum absolute atomic E-state index is 13.5. The summed E-state index contributed by atoms with van der Waals surface area (Å²) in [4.78, 5) is 90.1. The van der Waals surface area contributed by atoms with Crippen molar-refractivity contribution in [2.24, 2.45) is 0 Å². The summed E-state index contributed by atoms with van der Waals surface area (Å²) in [6.45, 7) is 20.1. The third-order valence-corrected chi connectivity index (χ3v) is 18.1. The first-order valence-corrected chi connectivity index (χ1v) is 34.9. The van der Waals surface area contributed by atoms with Crippen LogP contribution in [0, 0.1) is 94.0 Å². The summed E-state index contributed by atoms with van der Waals surface area (Å²) < 4.78 is 44.8. The number of nitrogens with one attached hydrogen (secondary N) is 7. The average Bonchev–Trinajstić information content (AvgIpc) is 1.60. The summed E-state index contributed by atoms with van der Waals surface area (Å²) in [5.41, 5.74) is 12.7. The topological polar surface area (TPSA) is 327 Å². The summed E-state index contributed by atoms with van der Waals surface area (Å²) in [7, 11) is 1.35. The smallest absolute Gasteiger partial charge is 0.348 e. The highest BCUT2D eigenvalue weighted by molar-refractivity contribution is 7.13. The summed E-state index contributed by atoms with van der Waals surface area (Å²) in [5, 5.41) is 25.3. The van der Waals surface area contributed by atoms with E-state index in [1.807, 2.05) is 57.3 Å². The Morgan fingerprint density at radius 1 is 0.388 bits per heavy atom. The number of hydrogen-bond acceptors (Lipinski definition) is 16. The lowest BCUT2D eigenvalue weighted by Crippen LogP contribution is -1.96. The van der Waals surface area contributed by atoms with Crippen LogP contribution in [0.5, 0.6) is 0 Å². The van der Waals surface area contributed by atoms with E-state index in [1.54, 1.807) is 88.0 Å². The van der Waals surface area contributed by atoms with Crippen molar-refractivity contribution in [3.8, 4) is 78.8 Å². The van der Waals surface area contributed by atoms with Gasteiger partial charge in [-0.25, -0.2) is 59.2 Å². The Morgan fingerprint density at radius 3 is 1.04 bits per heavy atom. The number of ether oxygens (including phenoxy) is 1. The number of halogens is 8. The maximum Gasteiger partial charge on any atom is 0.348 e. The number of esters is 1. The molecule has 33 heteroatoms. The van der Waals surface area contributed by atoms with Crippen LogP contribution in [0.15, 0.2) is 113 Å². The van der Waals surface area contributed by atoms with E-state index in [-0.39, 0.29) is 22.1 Å². The van der Waals surface area contributed by atoms with E-state index in [4.69, 9.17) is 68.2 Å². The molecule has 0 aliphatic carbocycles. The summed E-state index contributed by atoms with van der Waals surface area (Å²) in [5.74, 6) is 0.924. The van der Waals surface area contributed by atoms with Gasteiger partial charge in [0.05, 0.1) is 30.1 Å². The molecular formula is C70H64Cl5F3N16O6S3. The van der Waals surface area contributed by atoms with E-state index in [1.165, 1.54) is 47.0 Å². The Balaban J connectivity index is 0.000000152. The Bertz CT molecular complexity index is 5060. The SMILES string of the molecule is COC(=O)c1cc(-c2nc(C)[nH]c2Cl)cs1.Cc1ccc(-c2nc(C)[nH]c2Cl)c(F)n1.Cc1ccc(-c2nc(C)[nH]c2Cl)cc1.Cc1ccc(-c2nc(C)[nH]c2Cl)cc1.Cc1ccc(-c2nc(C)[nH]c2F)c(F)n1.Cc1nc(-c2csc(C(=O)O)c2)c(Cl)[nH]1.Cc1ncc(-c2csc(C(=O)O)c2)[nH]1. The molecule has 14 aromatic rings. The lowest BCUT2D eigenvalue weighted by Gasteiger charge is -2.00. The zero-order valence-electron chi connectivity index (χ0n) is 56.8. The van der Waals surface area contributed by atoms with Gasteiger partial charge < -0.3 is 49.8 Å². The molecule has 0 bridgehead atoms. The van der Waals surface area contributed by atoms with Gasteiger partial charge in [0.25, 0.3) is 0 Å². The van der Waals surface area contributed by atoms with Crippen molar-refractivity contribution in [2.75, 3.05) is 7.11 Å². The normalized spacial score (nSPS) is 10.5. The number of carboxylic acids is 2. The minimum absolute atomic E-state index is 0.0301. The molecule has 0 saturated carbocycles. The molecule has 103 heavy (non-hydrogen) atoms. The number of methoxy groups -OCH3 is 1. The zero-order chi connectivity index (χ0) is 75.1. The fraction of sp³-hybridized carbons (Fsp3) is 0.171. The predicted molar refractivity (Wildman–Crippen MR) is 400 cm³/mol. The number of thiophene rings is 3. The molecule has 0 saturated heterocycles. The Morgan fingerprint density at radius 2 is 0.718 bits per heavy atom. The molecule has 9 N–H and O–H groups in total. The summed E-state index contributed by atoms with van der Waals surface area (Å²) in [6, 6.07) is 27.7. The second kappa shape index (κ2) is 35.7. The molecule has 12 heterocycles. The van der Waals surface area contributed by atoms with Gasteiger partial charge >= 0.3 is 17.9 Å². The van der Waals surface area contributed by atoms with Gasteiger partial charge in [-0.15, -0.1) is 34.0 Å². The summed E-state index contributed by atoms with van der Waals surface area (Å²) >= 11 is 33.4. The third kappa shape index (κ3) is 21.5. The van der Waals surface area contributed by atoms with E-state index in [9.17, 15) is 27.6 Å². The van der Waals surface area contributed by atoms with Crippen LogP contribution in [-0.2, 0) is 4.74 Å². The number of nitrogens with zero attached hydrogens (tertiary/aromatic N) is 9. The van der Waals surface area contributed by atoms with Gasteiger partial charge in [-0.2, -0.15) is 13.2 Å². The largest absolute Gasteiger partial charge is 0.477 e. The molecule has 0 amide bonds. The first-order valence-electron chi connectivity index (χ1n) is 30.4. The number of pyridine rings is 2.